The van der Waals surface area contributed by atoms with Gasteiger partial charge in [-0.25, -0.2) is 0 Å². The van der Waals surface area contributed by atoms with Crippen molar-refractivity contribution in [3.63, 3.8) is 0 Å². The Morgan fingerprint density at radius 2 is 2.06 bits per heavy atom. The Hall–Kier alpha value is -1.69. The summed E-state index contributed by atoms with van der Waals surface area (Å²) >= 11 is 0. The van der Waals surface area contributed by atoms with Gasteiger partial charge in [0.25, 0.3) is 0 Å². The van der Waals surface area contributed by atoms with Crippen molar-refractivity contribution in [2.45, 2.75) is 44.9 Å². The number of rotatable bonds is 4. The van der Waals surface area contributed by atoms with Gasteiger partial charge in [-0.1, -0.05) is 19.8 Å². The SMILES string of the molecule is CCC1(C(=O)C(C#N)c2ccncc2)CCCC1. The number of pyridine rings is 1. The van der Waals surface area contributed by atoms with E-state index in [1.54, 1.807) is 24.5 Å². The van der Waals surface area contributed by atoms with Gasteiger partial charge in [-0.05, 0) is 37.0 Å². The number of ketones is 1. The van der Waals surface area contributed by atoms with Gasteiger partial charge in [-0.2, -0.15) is 5.26 Å². The minimum Gasteiger partial charge on any atom is -0.297 e. The van der Waals surface area contributed by atoms with Crippen LogP contribution in [0.25, 0.3) is 0 Å². The van der Waals surface area contributed by atoms with E-state index in [2.05, 4.69) is 18.0 Å². The average molecular weight is 242 g/mol. The van der Waals surface area contributed by atoms with Crippen LogP contribution >= 0.6 is 0 Å². The van der Waals surface area contributed by atoms with Crippen LogP contribution in [0.4, 0.5) is 0 Å². The highest BCUT2D eigenvalue weighted by molar-refractivity contribution is 5.93. The van der Waals surface area contributed by atoms with Crippen molar-refractivity contribution in [1.82, 2.24) is 4.98 Å². The van der Waals surface area contributed by atoms with Gasteiger partial charge >= 0.3 is 0 Å². The molecule has 0 saturated heterocycles. The van der Waals surface area contributed by atoms with Crippen LogP contribution in [0.15, 0.2) is 24.5 Å². The van der Waals surface area contributed by atoms with Gasteiger partial charge in [0.2, 0.25) is 0 Å². The second-order valence-corrected chi connectivity index (χ2v) is 5.05. The minimum atomic E-state index is -0.633. The Balaban J connectivity index is 2.29. The van der Waals surface area contributed by atoms with Crippen LogP contribution in [0.5, 0.6) is 0 Å². The molecule has 1 aliphatic carbocycles. The molecule has 0 amide bonds. The first-order chi connectivity index (χ1) is 8.73. The Morgan fingerprint density at radius 1 is 1.44 bits per heavy atom. The maximum Gasteiger partial charge on any atom is 0.160 e. The lowest BCUT2D eigenvalue weighted by Gasteiger charge is -2.28. The molecule has 0 aromatic carbocycles. The maximum absolute atomic E-state index is 12.7. The van der Waals surface area contributed by atoms with E-state index in [-0.39, 0.29) is 11.2 Å². The number of Topliss-reactive ketones (excluding diaryl/α,β-unsaturated/α-hetero) is 1. The average Bonchev–Trinajstić information content (AvgIpc) is 2.91. The Bertz CT molecular complexity index is 455. The van der Waals surface area contributed by atoms with E-state index in [4.69, 9.17) is 0 Å². The van der Waals surface area contributed by atoms with Crippen molar-refractivity contribution >= 4 is 5.78 Å². The first-order valence-corrected chi connectivity index (χ1v) is 6.57. The van der Waals surface area contributed by atoms with Gasteiger partial charge in [-0.15, -0.1) is 0 Å². The molecule has 3 nitrogen and oxygen atoms in total. The van der Waals surface area contributed by atoms with Gasteiger partial charge in [-0.3, -0.25) is 9.78 Å². The molecule has 0 bridgehead atoms. The number of carbonyl (C=O) groups excluding carboxylic acids is 1. The van der Waals surface area contributed by atoms with Crippen LogP contribution in [0, 0.1) is 16.7 Å². The molecule has 1 aromatic rings. The van der Waals surface area contributed by atoms with Gasteiger partial charge in [0, 0.05) is 17.8 Å². The predicted octanol–water partition coefficient (Wildman–Crippen LogP) is 3.23. The molecular formula is C15H18N2O. The molecule has 3 heteroatoms. The van der Waals surface area contributed by atoms with E-state index in [0.717, 1.165) is 37.7 Å². The fourth-order valence-corrected chi connectivity index (χ4v) is 2.97. The smallest absolute Gasteiger partial charge is 0.160 e. The zero-order chi connectivity index (χ0) is 13.0. The number of hydrogen-bond donors (Lipinski definition) is 0. The maximum atomic E-state index is 12.7. The topological polar surface area (TPSA) is 53.8 Å². The summed E-state index contributed by atoms with van der Waals surface area (Å²) in [6.07, 6.45) is 8.20. The summed E-state index contributed by atoms with van der Waals surface area (Å²) in [7, 11) is 0. The largest absolute Gasteiger partial charge is 0.297 e. The standard InChI is InChI=1S/C15H18N2O/c1-2-15(7-3-4-8-15)14(18)13(11-16)12-5-9-17-10-6-12/h5-6,9-10,13H,2-4,7-8H2,1H3. The Kier molecular flexibility index (Phi) is 3.76. The summed E-state index contributed by atoms with van der Waals surface area (Å²) in [5.74, 6) is -0.526. The van der Waals surface area contributed by atoms with Crippen LogP contribution in [-0.2, 0) is 4.79 Å². The van der Waals surface area contributed by atoms with Gasteiger partial charge < -0.3 is 0 Å². The predicted molar refractivity (Wildman–Crippen MR) is 68.8 cm³/mol. The van der Waals surface area contributed by atoms with Crippen LogP contribution in [0.3, 0.4) is 0 Å². The first-order valence-electron chi connectivity index (χ1n) is 6.57. The molecule has 0 spiro atoms. The van der Waals surface area contributed by atoms with E-state index in [0.29, 0.717) is 0 Å². The lowest BCUT2D eigenvalue weighted by atomic mass is 9.73. The highest BCUT2D eigenvalue weighted by Crippen LogP contribution is 2.44. The minimum absolute atomic E-state index is 0.108. The summed E-state index contributed by atoms with van der Waals surface area (Å²) in [5, 5.41) is 9.33. The number of nitriles is 1. The summed E-state index contributed by atoms with van der Waals surface area (Å²) in [6, 6.07) is 5.71. The summed E-state index contributed by atoms with van der Waals surface area (Å²) < 4.78 is 0. The highest BCUT2D eigenvalue weighted by Gasteiger charge is 2.42. The molecule has 1 atom stereocenters. The highest BCUT2D eigenvalue weighted by atomic mass is 16.1. The van der Waals surface area contributed by atoms with E-state index in [1.165, 1.54) is 0 Å². The van der Waals surface area contributed by atoms with Crippen molar-refractivity contribution < 1.29 is 4.79 Å². The van der Waals surface area contributed by atoms with Crippen molar-refractivity contribution in [3.8, 4) is 6.07 Å². The fourth-order valence-electron chi connectivity index (χ4n) is 2.97. The monoisotopic (exact) mass is 242 g/mol. The summed E-state index contributed by atoms with van der Waals surface area (Å²) in [5.41, 5.74) is 0.515. The summed E-state index contributed by atoms with van der Waals surface area (Å²) in [6.45, 7) is 2.06. The van der Waals surface area contributed by atoms with E-state index >= 15 is 0 Å². The van der Waals surface area contributed by atoms with E-state index < -0.39 is 5.92 Å². The first kappa shape index (κ1) is 12.8. The second-order valence-electron chi connectivity index (χ2n) is 5.05. The quantitative estimate of drug-likeness (QED) is 0.814. The van der Waals surface area contributed by atoms with Crippen LogP contribution < -0.4 is 0 Å². The normalized spacial score (nSPS) is 19.1. The molecule has 1 aliphatic rings. The third kappa shape index (κ3) is 2.15. The van der Waals surface area contributed by atoms with Crippen LogP contribution in [-0.4, -0.2) is 10.8 Å². The summed E-state index contributed by atoms with van der Waals surface area (Å²) in [4.78, 5) is 16.6. The van der Waals surface area contributed by atoms with E-state index in [1.807, 2.05) is 0 Å². The second kappa shape index (κ2) is 5.30. The van der Waals surface area contributed by atoms with Crippen LogP contribution in [0.2, 0.25) is 0 Å². The third-order valence-corrected chi connectivity index (χ3v) is 4.19. The van der Waals surface area contributed by atoms with Crippen molar-refractivity contribution in [2.75, 3.05) is 0 Å². The third-order valence-electron chi connectivity index (χ3n) is 4.19. The lowest BCUT2D eigenvalue weighted by molar-refractivity contribution is -0.129. The molecule has 0 N–H and O–H groups in total. The van der Waals surface area contributed by atoms with Crippen LogP contribution in [0.1, 0.15) is 50.5 Å². The van der Waals surface area contributed by atoms with Gasteiger partial charge in [0.1, 0.15) is 5.92 Å². The fraction of sp³-hybridized carbons (Fsp3) is 0.533. The molecule has 0 radical (unpaired) electrons. The van der Waals surface area contributed by atoms with Crippen molar-refractivity contribution in [3.05, 3.63) is 30.1 Å². The molecule has 1 aromatic heterocycles. The van der Waals surface area contributed by atoms with Crippen molar-refractivity contribution in [1.29, 1.82) is 5.26 Å². The number of hydrogen-bond acceptors (Lipinski definition) is 3. The number of carbonyl (C=O) groups is 1. The molecule has 1 unspecified atom stereocenters. The molecule has 18 heavy (non-hydrogen) atoms. The zero-order valence-corrected chi connectivity index (χ0v) is 10.7. The zero-order valence-electron chi connectivity index (χ0n) is 10.7. The van der Waals surface area contributed by atoms with E-state index in [9.17, 15) is 10.1 Å². The molecule has 1 fully saturated rings. The molecule has 1 saturated carbocycles. The van der Waals surface area contributed by atoms with Gasteiger partial charge in [0.05, 0.1) is 6.07 Å². The molecule has 94 valence electrons. The number of nitrogens with zero attached hydrogens (tertiary/aromatic N) is 2. The lowest BCUT2D eigenvalue weighted by Crippen LogP contribution is -2.31. The molecule has 1 heterocycles. The molecule has 0 aliphatic heterocycles. The van der Waals surface area contributed by atoms with Crippen molar-refractivity contribution in [2.24, 2.45) is 5.41 Å². The Morgan fingerprint density at radius 3 is 2.56 bits per heavy atom. The number of aromatic nitrogens is 1. The Labute approximate surface area is 108 Å². The molecular weight excluding hydrogens is 224 g/mol. The molecule has 2 rings (SSSR count). The van der Waals surface area contributed by atoms with Gasteiger partial charge in [0.15, 0.2) is 5.78 Å².